The number of nitrogens with zero attached hydrogens (tertiary/aromatic N) is 2. The second-order valence-electron chi connectivity index (χ2n) is 5.06. The molecule has 3 rings (SSSR count). The largest absolute Gasteiger partial charge is 0.370 e. The summed E-state index contributed by atoms with van der Waals surface area (Å²) < 4.78 is 0. The molecule has 0 atom stereocenters. The molecule has 108 valence electrons. The second kappa shape index (κ2) is 6.14. The molecule has 1 aromatic carbocycles. The van der Waals surface area contributed by atoms with Gasteiger partial charge in [-0.25, -0.2) is 0 Å². The Morgan fingerprint density at radius 1 is 1.19 bits per heavy atom. The molecule has 2 heterocycles. The van der Waals surface area contributed by atoms with Gasteiger partial charge >= 0.3 is 0 Å². The van der Waals surface area contributed by atoms with Gasteiger partial charge in [0.2, 0.25) is 0 Å². The van der Waals surface area contributed by atoms with Gasteiger partial charge in [-0.3, -0.25) is 9.78 Å². The molecule has 0 bridgehead atoms. The van der Waals surface area contributed by atoms with Crippen molar-refractivity contribution in [1.82, 2.24) is 4.98 Å². The minimum Gasteiger partial charge on any atom is -0.370 e. The van der Waals surface area contributed by atoms with Crippen molar-refractivity contribution >= 4 is 28.9 Å². The molecule has 0 aliphatic carbocycles. The van der Waals surface area contributed by atoms with Crippen molar-refractivity contribution in [2.24, 2.45) is 0 Å². The summed E-state index contributed by atoms with van der Waals surface area (Å²) in [6, 6.07) is 9.06. The number of rotatable bonds is 3. The van der Waals surface area contributed by atoms with Gasteiger partial charge in [-0.2, -0.15) is 0 Å². The van der Waals surface area contributed by atoms with Gasteiger partial charge in [0, 0.05) is 19.3 Å². The molecule has 1 saturated heterocycles. The Hall–Kier alpha value is -2.07. The molecule has 0 spiro atoms. The molecule has 0 radical (unpaired) electrons. The Morgan fingerprint density at radius 3 is 2.71 bits per heavy atom. The van der Waals surface area contributed by atoms with Crippen molar-refractivity contribution in [2.45, 2.75) is 12.8 Å². The number of hydrogen-bond acceptors (Lipinski definition) is 3. The highest BCUT2D eigenvalue weighted by molar-refractivity contribution is 6.33. The summed E-state index contributed by atoms with van der Waals surface area (Å²) in [5, 5.41) is 3.34. The number of halogens is 1. The SMILES string of the molecule is O=C(Nc1ccccc1Cl)c1cncc(N2CCCC2)c1. The summed E-state index contributed by atoms with van der Waals surface area (Å²) in [6.07, 6.45) is 5.76. The van der Waals surface area contributed by atoms with Crippen LogP contribution in [-0.2, 0) is 0 Å². The van der Waals surface area contributed by atoms with Crippen molar-refractivity contribution in [3.05, 3.63) is 53.3 Å². The first kappa shape index (κ1) is 13.9. The Morgan fingerprint density at radius 2 is 1.95 bits per heavy atom. The predicted octanol–water partition coefficient (Wildman–Crippen LogP) is 3.59. The molecular weight excluding hydrogens is 286 g/mol. The summed E-state index contributed by atoms with van der Waals surface area (Å²) >= 11 is 6.05. The van der Waals surface area contributed by atoms with E-state index in [1.165, 1.54) is 12.8 Å². The molecule has 0 unspecified atom stereocenters. The molecule has 1 fully saturated rings. The Labute approximate surface area is 128 Å². The highest BCUT2D eigenvalue weighted by Gasteiger charge is 2.15. The average Bonchev–Trinajstić information content (AvgIpc) is 3.04. The van der Waals surface area contributed by atoms with Gasteiger partial charge in [0.05, 0.1) is 28.2 Å². The van der Waals surface area contributed by atoms with E-state index in [0.29, 0.717) is 16.3 Å². The first-order chi connectivity index (χ1) is 10.2. The van der Waals surface area contributed by atoms with Crippen LogP contribution in [0.5, 0.6) is 0 Å². The lowest BCUT2D eigenvalue weighted by molar-refractivity contribution is 0.102. The van der Waals surface area contributed by atoms with E-state index in [2.05, 4.69) is 15.2 Å². The number of benzene rings is 1. The van der Waals surface area contributed by atoms with Crippen LogP contribution in [0.3, 0.4) is 0 Å². The summed E-state index contributed by atoms with van der Waals surface area (Å²) in [6.45, 7) is 2.05. The number of nitrogens with one attached hydrogen (secondary N) is 1. The van der Waals surface area contributed by atoms with Crippen LogP contribution < -0.4 is 10.2 Å². The Bertz CT molecular complexity index is 653. The summed E-state index contributed by atoms with van der Waals surface area (Å²) in [5.74, 6) is -0.198. The van der Waals surface area contributed by atoms with Gasteiger partial charge in [0.25, 0.3) is 5.91 Å². The van der Waals surface area contributed by atoms with Crippen molar-refractivity contribution in [1.29, 1.82) is 0 Å². The van der Waals surface area contributed by atoms with E-state index < -0.39 is 0 Å². The second-order valence-corrected chi connectivity index (χ2v) is 5.47. The van der Waals surface area contributed by atoms with Crippen molar-refractivity contribution in [3.63, 3.8) is 0 Å². The smallest absolute Gasteiger partial charge is 0.257 e. The third-order valence-electron chi connectivity index (χ3n) is 3.58. The number of hydrogen-bond donors (Lipinski definition) is 1. The van der Waals surface area contributed by atoms with Crippen molar-refractivity contribution in [2.75, 3.05) is 23.3 Å². The fourth-order valence-corrected chi connectivity index (χ4v) is 2.64. The van der Waals surface area contributed by atoms with E-state index in [0.717, 1.165) is 18.8 Å². The maximum atomic E-state index is 12.3. The molecule has 1 amide bonds. The fraction of sp³-hybridized carbons (Fsp3) is 0.250. The zero-order chi connectivity index (χ0) is 14.7. The van der Waals surface area contributed by atoms with Gasteiger partial charge in [-0.05, 0) is 31.0 Å². The quantitative estimate of drug-likeness (QED) is 0.942. The molecule has 1 aliphatic rings. The van der Waals surface area contributed by atoms with Crippen LogP contribution in [0, 0.1) is 0 Å². The molecule has 1 aromatic heterocycles. The van der Waals surface area contributed by atoms with Gasteiger partial charge in [-0.1, -0.05) is 23.7 Å². The van der Waals surface area contributed by atoms with Crippen LogP contribution in [0.25, 0.3) is 0 Å². The summed E-state index contributed by atoms with van der Waals surface area (Å²) in [4.78, 5) is 18.7. The molecule has 1 N–H and O–H groups in total. The van der Waals surface area contributed by atoms with Crippen LogP contribution in [-0.4, -0.2) is 24.0 Å². The van der Waals surface area contributed by atoms with Gasteiger partial charge in [0.15, 0.2) is 0 Å². The van der Waals surface area contributed by atoms with E-state index in [-0.39, 0.29) is 5.91 Å². The van der Waals surface area contributed by atoms with Gasteiger partial charge in [0.1, 0.15) is 0 Å². The van der Waals surface area contributed by atoms with Crippen LogP contribution in [0.2, 0.25) is 5.02 Å². The molecule has 0 saturated carbocycles. The molecule has 4 nitrogen and oxygen atoms in total. The van der Waals surface area contributed by atoms with Crippen LogP contribution in [0.15, 0.2) is 42.7 Å². The highest BCUT2D eigenvalue weighted by atomic mass is 35.5. The van der Waals surface area contributed by atoms with Crippen molar-refractivity contribution < 1.29 is 4.79 Å². The van der Waals surface area contributed by atoms with Gasteiger partial charge < -0.3 is 10.2 Å². The number of carbonyl (C=O) groups excluding carboxylic acids is 1. The lowest BCUT2D eigenvalue weighted by Gasteiger charge is -2.17. The van der Waals surface area contributed by atoms with E-state index in [4.69, 9.17) is 11.6 Å². The molecule has 5 heteroatoms. The molecule has 21 heavy (non-hydrogen) atoms. The maximum Gasteiger partial charge on any atom is 0.257 e. The first-order valence-electron chi connectivity index (χ1n) is 7.00. The highest BCUT2D eigenvalue weighted by Crippen LogP contribution is 2.23. The topological polar surface area (TPSA) is 45.2 Å². The lowest BCUT2D eigenvalue weighted by atomic mass is 10.2. The van der Waals surface area contributed by atoms with Crippen molar-refractivity contribution in [3.8, 4) is 0 Å². The summed E-state index contributed by atoms with van der Waals surface area (Å²) in [7, 11) is 0. The normalized spacial score (nSPS) is 14.2. The minimum absolute atomic E-state index is 0.198. The van der Waals surface area contributed by atoms with Crippen LogP contribution >= 0.6 is 11.6 Å². The standard InChI is InChI=1S/C16H16ClN3O/c17-14-5-1-2-6-15(14)19-16(21)12-9-13(11-18-10-12)20-7-3-4-8-20/h1-2,5-6,9-11H,3-4,7-8H2,(H,19,21). The number of anilines is 2. The molecular formula is C16H16ClN3O. The van der Waals surface area contributed by atoms with Gasteiger partial charge in [-0.15, -0.1) is 0 Å². The number of aromatic nitrogens is 1. The first-order valence-corrected chi connectivity index (χ1v) is 7.38. The van der Waals surface area contributed by atoms with E-state index in [1.807, 2.05) is 18.2 Å². The molecule has 1 aliphatic heterocycles. The third-order valence-corrected chi connectivity index (χ3v) is 3.91. The number of pyridine rings is 1. The third kappa shape index (κ3) is 3.16. The predicted molar refractivity (Wildman–Crippen MR) is 85.1 cm³/mol. The average molecular weight is 302 g/mol. The van der Waals surface area contributed by atoms with E-state index in [9.17, 15) is 4.79 Å². The number of para-hydroxylation sites is 1. The Kier molecular flexibility index (Phi) is 4.06. The minimum atomic E-state index is -0.198. The lowest BCUT2D eigenvalue weighted by Crippen LogP contribution is -2.19. The zero-order valence-corrected chi connectivity index (χ0v) is 12.3. The summed E-state index contributed by atoms with van der Waals surface area (Å²) in [5.41, 5.74) is 2.15. The Balaban J connectivity index is 1.78. The number of amides is 1. The zero-order valence-electron chi connectivity index (χ0n) is 11.6. The van der Waals surface area contributed by atoms with Crippen LogP contribution in [0.4, 0.5) is 11.4 Å². The fourth-order valence-electron chi connectivity index (χ4n) is 2.46. The monoisotopic (exact) mass is 301 g/mol. The maximum absolute atomic E-state index is 12.3. The van der Waals surface area contributed by atoms with E-state index >= 15 is 0 Å². The van der Waals surface area contributed by atoms with Crippen LogP contribution in [0.1, 0.15) is 23.2 Å². The number of carbonyl (C=O) groups is 1. The van der Waals surface area contributed by atoms with E-state index in [1.54, 1.807) is 24.5 Å². The molecule has 2 aromatic rings.